The number of H-pyrrole nitrogens is 1. The average molecular weight is 247 g/mol. The molecule has 0 amide bonds. The Morgan fingerprint density at radius 2 is 2.18 bits per heavy atom. The van der Waals surface area contributed by atoms with Crippen LogP contribution in [0.25, 0.3) is 22.5 Å². The number of aryl methyl sites for hydroxylation is 1. The van der Waals surface area contributed by atoms with Gasteiger partial charge in [-0.05, 0) is 18.1 Å². The van der Waals surface area contributed by atoms with Gasteiger partial charge in [0, 0.05) is 16.8 Å². The summed E-state index contributed by atoms with van der Waals surface area (Å²) in [6.45, 7) is 0. The van der Waals surface area contributed by atoms with Crippen molar-refractivity contribution in [1.82, 2.24) is 9.97 Å². The number of nitrogens with one attached hydrogen (secondary N) is 1. The largest absolute Gasteiger partial charge is 0.443 e. The molecule has 0 aliphatic rings. The van der Waals surface area contributed by atoms with Gasteiger partial charge in [0.05, 0.1) is 6.20 Å². The molecule has 0 aliphatic heterocycles. The van der Waals surface area contributed by atoms with E-state index in [0.717, 1.165) is 23.2 Å². The monoisotopic (exact) mass is 246 g/mol. The first kappa shape index (κ1) is 10.4. The molecule has 0 saturated carbocycles. The van der Waals surface area contributed by atoms with Gasteiger partial charge in [-0.3, -0.25) is 0 Å². The average Bonchev–Trinajstić information content (AvgIpc) is 2.97. The van der Waals surface area contributed by atoms with Crippen molar-refractivity contribution < 1.29 is 4.42 Å². The smallest absolute Gasteiger partial charge is 0.243 e. The lowest BCUT2D eigenvalue weighted by atomic mass is 10.1. The Labute approximate surface area is 103 Å². The van der Waals surface area contributed by atoms with Crippen molar-refractivity contribution in [1.29, 1.82) is 0 Å². The molecule has 1 N–H and O–H groups in total. The fraction of sp³-hybridized carbons (Fsp3) is 0.154. The number of hydrogen-bond donors (Lipinski definition) is 1. The maximum Gasteiger partial charge on any atom is 0.243 e. The lowest BCUT2D eigenvalue weighted by Gasteiger charge is -1.98. The van der Waals surface area contributed by atoms with Crippen LogP contribution in [0.3, 0.4) is 0 Å². The molecule has 2 heterocycles. The Morgan fingerprint density at radius 1 is 1.29 bits per heavy atom. The summed E-state index contributed by atoms with van der Waals surface area (Å²) < 4.78 is 5.35. The summed E-state index contributed by atoms with van der Waals surface area (Å²) in [5, 5.41) is 1.18. The molecule has 2 aromatic heterocycles. The van der Waals surface area contributed by atoms with Gasteiger partial charge in [0.25, 0.3) is 0 Å². The van der Waals surface area contributed by atoms with Crippen LogP contribution in [0.5, 0.6) is 0 Å². The number of rotatable bonds is 3. The van der Waals surface area contributed by atoms with Crippen LogP contribution < -0.4 is 0 Å². The van der Waals surface area contributed by atoms with E-state index in [1.807, 2.05) is 18.2 Å². The number of fused-ring (bicyclic) bond motifs is 1. The molecule has 4 heteroatoms. The molecule has 17 heavy (non-hydrogen) atoms. The van der Waals surface area contributed by atoms with E-state index in [2.05, 4.69) is 16.0 Å². The standard InChI is InChI=1S/C13H11ClN2O/c14-6-5-10-9-3-1-2-4-11(9)16-12(10)13-15-7-8-17-13/h1-4,7-8,16H,5-6H2. The molecule has 0 saturated heterocycles. The van der Waals surface area contributed by atoms with Crippen LogP contribution >= 0.6 is 11.6 Å². The molecule has 0 fully saturated rings. The lowest BCUT2D eigenvalue weighted by Crippen LogP contribution is -1.88. The van der Waals surface area contributed by atoms with E-state index in [0.29, 0.717) is 11.8 Å². The summed E-state index contributed by atoms with van der Waals surface area (Å²) in [5.74, 6) is 1.19. The Kier molecular flexibility index (Phi) is 2.61. The number of hydrogen-bond acceptors (Lipinski definition) is 2. The summed E-state index contributed by atoms with van der Waals surface area (Å²) >= 11 is 5.86. The van der Waals surface area contributed by atoms with Crippen LogP contribution in [-0.2, 0) is 6.42 Å². The van der Waals surface area contributed by atoms with Gasteiger partial charge in [0.1, 0.15) is 12.0 Å². The van der Waals surface area contributed by atoms with Crippen LogP contribution in [0.15, 0.2) is 41.1 Å². The van der Waals surface area contributed by atoms with Crippen molar-refractivity contribution in [3.8, 4) is 11.6 Å². The summed E-state index contributed by atoms with van der Waals surface area (Å²) in [4.78, 5) is 7.52. The molecule has 0 bridgehead atoms. The normalized spacial score (nSPS) is 11.1. The van der Waals surface area contributed by atoms with Crippen molar-refractivity contribution in [2.45, 2.75) is 6.42 Å². The van der Waals surface area contributed by atoms with E-state index >= 15 is 0 Å². The first-order valence-corrected chi connectivity index (χ1v) is 5.99. The molecule has 1 aromatic carbocycles. The molecule has 86 valence electrons. The van der Waals surface area contributed by atoms with Gasteiger partial charge in [-0.2, -0.15) is 0 Å². The van der Waals surface area contributed by atoms with E-state index in [1.54, 1.807) is 12.5 Å². The van der Waals surface area contributed by atoms with Crippen molar-refractivity contribution in [3.05, 3.63) is 42.3 Å². The number of aromatic amines is 1. The molecule has 0 atom stereocenters. The minimum Gasteiger partial charge on any atom is -0.443 e. The fourth-order valence-corrected chi connectivity index (χ4v) is 2.27. The van der Waals surface area contributed by atoms with Crippen molar-refractivity contribution in [3.63, 3.8) is 0 Å². The second-order valence-corrected chi connectivity index (χ2v) is 4.18. The van der Waals surface area contributed by atoms with Crippen LogP contribution in [0.1, 0.15) is 5.56 Å². The summed E-state index contributed by atoms with van der Waals surface area (Å²) in [6.07, 6.45) is 4.01. The van der Waals surface area contributed by atoms with Crippen LogP contribution in [0.4, 0.5) is 0 Å². The van der Waals surface area contributed by atoms with Gasteiger partial charge in [-0.1, -0.05) is 18.2 Å². The molecule has 3 nitrogen and oxygen atoms in total. The van der Waals surface area contributed by atoms with Gasteiger partial charge in [-0.15, -0.1) is 11.6 Å². The van der Waals surface area contributed by atoms with E-state index in [-0.39, 0.29) is 0 Å². The van der Waals surface area contributed by atoms with Gasteiger partial charge in [0.2, 0.25) is 5.89 Å². The Hall–Kier alpha value is -1.74. The fourth-order valence-electron chi connectivity index (χ4n) is 2.08. The zero-order valence-electron chi connectivity index (χ0n) is 9.11. The van der Waals surface area contributed by atoms with E-state index < -0.39 is 0 Å². The van der Waals surface area contributed by atoms with Crippen LogP contribution in [0, 0.1) is 0 Å². The number of benzene rings is 1. The third-order valence-electron chi connectivity index (χ3n) is 2.80. The Morgan fingerprint density at radius 3 is 2.94 bits per heavy atom. The highest BCUT2D eigenvalue weighted by Gasteiger charge is 2.15. The number of para-hydroxylation sites is 1. The minimum absolute atomic E-state index is 0.579. The third-order valence-corrected chi connectivity index (χ3v) is 2.99. The lowest BCUT2D eigenvalue weighted by molar-refractivity contribution is 0.572. The number of oxazole rings is 1. The highest BCUT2D eigenvalue weighted by atomic mass is 35.5. The number of aromatic nitrogens is 2. The van der Waals surface area contributed by atoms with Gasteiger partial charge in [0.15, 0.2) is 0 Å². The van der Waals surface area contributed by atoms with Gasteiger partial charge < -0.3 is 9.40 Å². The first-order chi connectivity index (χ1) is 8.40. The topological polar surface area (TPSA) is 41.8 Å². The quantitative estimate of drug-likeness (QED) is 0.718. The number of nitrogens with zero attached hydrogens (tertiary/aromatic N) is 1. The summed E-state index contributed by atoms with van der Waals surface area (Å²) in [6, 6.07) is 8.15. The molecular weight excluding hydrogens is 236 g/mol. The van der Waals surface area contributed by atoms with Crippen molar-refractivity contribution in [2.24, 2.45) is 0 Å². The van der Waals surface area contributed by atoms with Crippen LogP contribution in [0.2, 0.25) is 0 Å². The summed E-state index contributed by atoms with van der Waals surface area (Å²) in [7, 11) is 0. The summed E-state index contributed by atoms with van der Waals surface area (Å²) in [5.41, 5.74) is 3.18. The minimum atomic E-state index is 0.579. The number of alkyl halides is 1. The van der Waals surface area contributed by atoms with E-state index in [1.165, 1.54) is 5.39 Å². The Balaban J connectivity index is 2.26. The molecule has 3 aromatic rings. The highest BCUT2D eigenvalue weighted by molar-refractivity contribution is 6.18. The maximum atomic E-state index is 5.86. The predicted octanol–water partition coefficient (Wildman–Crippen LogP) is 3.60. The van der Waals surface area contributed by atoms with Crippen molar-refractivity contribution >= 4 is 22.5 Å². The molecule has 0 unspecified atom stereocenters. The molecule has 0 aliphatic carbocycles. The third kappa shape index (κ3) is 1.72. The highest BCUT2D eigenvalue weighted by Crippen LogP contribution is 2.29. The first-order valence-electron chi connectivity index (χ1n) is 5.45. The van der Waals surface area contributed by atoms with Gasteiger partial charge >= 0.3 is 0 Å². The second kappa shape index (κ2) is 4.26. The number of halogens is 1. The SMILES string of the molecule is ClCCc1c(-c2ncco2)[nH]c2ccccc12. The predicted molar refractivity (Wildman–Crippen MR) is 68.2 cm³/mol. The van der Waals surface area contributed by atoms with Crippen LogP contribution in [-0.4, -0.2) is 15.8 Å². The Bertz CT molecular complexity index is 628. The maximum absolute atomic E-state index is 5.86. The zero-order valence-corrected chi connectivity index (χ0v) is 9.87. The molecule has 0 radical (unpaired) electrons. The molecular formula is C13H11ClN2O. The second-order valence-electron chi connectivity index (χ2n) is 3.80. The molecule has 0 spiro atoms. The van der Waals surface area contributed by atoms with Gasteiger partial charge in [-0.25, -0.2) is 4.98 Å². The van der Waals surface area contributed by atoms with Crippen molar-refractivity contribution in [2.75, 3.05) is 5.88 Å². The van der Waals surface area contributed by atoms with E-state index in [9.17, 15) is 0 Å². The molecule has 3 rings (SSSR count). The zero-order chi connectivity index (χ0) is 11.7. The van der Waals surface area contributed by atoms with E-state index in [4.69, 9.17) is 16.0 Å².